The van der Waals surface area contributed by atoms with Crippen LogP contribution in [-0.2, 0) is 14.4 Å². The van der Waals surface area contributed by atoms with Crippen LogP contribution in [0.4, 0.5) is 0 Å². The van der Waals surface area contributed by atoms with Gasteiger partial charge in [0, 0.05) is 6.04 Å². The first kappa shape index (κ1) is 17.7. The van der Waals surface area contributed by atoms with Crippen LogP contribution in [-0.4, -0.2) is 59.0 Å². The lowest BCUT2D eigenvalue weighted by atomic mass is 10.1. The van der Waals surface area contributed by atoms with Crippen LogP contribution in [0.25, 0.3) is 0 Å². The molecule has 23 heavy (non-hydrogen) atoms. The number of aliphatic carboxylic acids is 1. The van der Waals surface area contributed by atoms with Gasteiger partial charge in [-0.3, -0.25) is 9.59 Å². The summed E-state index contributed by atoms with van der Waals surface area (Å²) in [4.78, 5) is 37.9. The van der Waals surface area contributed by atoms with E-state index in [0.717, 1.165) is 32.2 Å². The minimum Gasteiger partial charge on any atom is -0.480 e. The van der Waals surface area contributed by atoms with Crippen molar-refractivity contribution in [2.24, 2.45) is 0 Å². The number of nitrogens with zero attached hydrogens (tertiary/aromatic N) is 1. The molecule has 0 aromatic carbocycles. The summed E-state index contributed by atoms with van der Waals surface area (Å²) in [5.41, 5.74) is 0. The van der Waals surface area contributed by atoms with Crippen molar-refractivity contribution in [1.82, 2.24) is 15.5 Å². The van der Waals surface area contributed by atoms with E-state index in [1.165, 1.54) is 0 Å². The number of carbonyl (C=O) groups is 3. The maximum absolute atomic E-state index is 12.5. The summed E-state index contributed by atoms with van der Waals surface area (Å²) in [5.74, 6) is -1.41. The minimum absolute atomic E-state index is 0.0584. The zero-order chi connectivity index (χ0) is 16.8. The van der Waals surface area contributed by atoms with E-state index in [4.69, 9.17) is 0 Å². The van der Waals surface area contributed by atoms with Crippen molar-refractivity contribution >= 4 is 17.8 Å². The van der Waals surface area contributed by atoms with Crippen LogP contribution in [0.3, 0.4) is 0 Å². The van der Waals surface area contributed by atoms with Gasteiger partial charge in [-0.25, -0.2) is 4.79 Å². The molecule has 3 N–H and O–H groups in total. The highest BCUT2D eigenvalue weighted by molar-refractivity contribution is 5.91. The molecule has 7 heteroatoms. The molecular weight excluding hydrogens is 298 g/mol. The minimum atomic E-state index is -1.02. The fraction of sp³-hybridized carbons (Fsp3) is 0.812. The van der Waals surface area contributed by atoms with E-state index in [0.29, 0.717) is 19.3 Å². The molecule has 2 aliphatic rings. The van der Waals surface area contributed by atoms with E-state index >= 15 is 0 Å². The number of rotatable bonds is 5. The Bertz CT molecular complexity index is 455. The van der Waals surface area contributed by atoms with E-state index in [1.807, 2.05) is 6.92 Å². The summed E-state index contributed by atoms with van der Waals surface area (Å²) in [7, 11) is 0. The molecule has 2 amide bonds. The number of nitrogens with one attached hydrogen (secondary N) is 2. The van der Waals surface area contributed by atoms with Gasteiger partial charge in [0.2, 0.25) is 11.8 Å². The molecule has 130 valence electrons. The van der Waals surface area contributed by atoms with Crippen LogP contribution in [0.1, 0.15) is 51.9 Å². The predicted molar refractivity (Wildman–Crippen MR) is 84.9 cm³/mol. The van der Waals surface area contributed by atoms with Crippen molar-refractivity contribution in [3.8, 4) is 0 Å². The highest BCUT2D eigenvalue weighted by Crippen LogP contribution is 2.28. The standard InChI is InChI=1S/C16H27N3O4/c1-2-5-12(16(22)23)18-15(21)13-8-7-11-6-3-4-9-17-10-14(20)19(11)13/h11-13,17H,2-10H2,1H3,(H,18,21)(H,22,23)/t11-,12-,13-/m0/s1. The Morgan fingerprint density at radius 2 is 2.13 bits per heavy atom. The zero-order valence-corrected chi connectivity index (χ0v) is 13.7. The van der Waals surface area contributed by atoms with Gasteiger partial charge in [-0.15, -0.1) is 0 Å². The molecule has 0 spiro atoms. The van der Waals surface area contributed by atoms with Crippen molar-refractivity contribution in [2.45, 2.75) is 70.0 Å². The summed E-state index contributed by atoms with van der Waals surface area (Å²) in [6.07, 6.45) is 5.48. The van der Waals surface area contributed by atoms with Crippen LogP contribution in [0.15, 0.2) is 0 Å². The number of carboxylic acids is 1. The third kappa shape index (κ3) is 4.43. The van der Waals surface area contributed by atoms with Crippen molar-refractivity contribution in [2.75, 3.05) is 13.1 Å². The molecule has 0 aromatic rings. The van der Waals surface area contributed by atoms with Crippen LogP contribution in [0, 0.1) is 0 Å². The number of amides is 2. The first-order chi connectivity index (χ1) is 11.0. The molecule has 0 radical (unpaired) electrons. The van der Waals surface area contributed by atoms with Gasteiger partial charge < -0.3 is 20.6 Å². The van der Waals surface area contributed by atoms with E-state index in [-0.39, 0.29) is 24.4 Å². The third-order valence-electron chi connectivity index (χ3n) is 4.70. The monoisotopic (exact) mass is 325 g/mol. The topological polar surface area (TPSA) is 98.7 Å². The molecule has 0 aliphatic carbocycles. The fourth-order valence-corrected chi connectivity index (χ4v) is 3.53. The number of fused-ring (bicyclic) bond motifs is 1. The van der Waals surface area contributed by atoms with Crippen LogP contribution in [0.2, 0.25) is 0 Å². The van der Waals surface area contributed by atoms with Gasteiger partial charge in [-0.2, -0.15) is 0 Å². The fourth-order valence-electron chi connectivity index (χ4n) is 3.53. The molecule has 2 heterocycles. The maximum Gasteiger partial charge on any atom is 0.326 e. The van der Waals surface area contributed by atoms with Crippen molar-refractivity contribution in [1.29, 1.82) is 0 Å². The Morgan fingerprint density at radius 3 is 2.83 bits per heavy atom. The highest BCUT2D eigenvalue weighted by Gasteiger charge is 2.41. The van der Waals surface area contributed by atoms with Crippen molar-refractivity contribution < 1.29 is 19.5 Å². The molecule has 0 bridgehead atoms. The second-order valence-electron chi connectivity index (χ2n) is 6.41. The molecule has 2 rings (SSSR count). The van der Waals surface area contributed by atoms with E-state index in [9.17, 15) is 19.5 Å². The number of carboxylic acid groups (broad SMARTS) is 1. The van der Waals surface area contributed by atoms with Gasteiger partial charge in [0.05, 0.1) is 6.54 Å². The first-order valence-electron chi connectivity index (χ1n) is 8.59. The number of carbonyl (C=O) groups excluding carboxylic acids is 2. The Morgan fingerprint density at radius 1 is 1.35 bits per heavy atom. The van der Waals surface area contributed by atoms with Crippen LogP contribution in [0.5, 0.6) is 0 Å². The molecule has 3 atom stereocenters. The number of hydrogen-bond donors (Lipinski definition) is 3. The predicted octanol–water partition coefficient (Wildman–Crippen LogP) is 0.489. The Kier molecular flexibility index (Phi) is 6.38. The Labute approximate surface area is 136 Å². The largest absolute Gasteiger partial charge is 0.480 e. The van der Waals surface area contributed by atoms with E-state index in [2.05, 4.69) is 10.6 Å². The van der Waals surface area contributed by atoms with Gasteiger partial charge >= 0.3 is 5.97 Å². The number of hydrogen-bond acceptors (Lipinski definition) is 4. The lowest BCUT2D eigenvalue weighted by molar-refractivity contribution is -0.144. The summed E-state index contributed by atoms with van der Waals surface area (Å²) < 4.78 is 0. The van der Waals surface area contributed by atoms with Gasteiger partial charge in [0.1, 0.15) is 12.1 Å². The van der Waals surface area contributed by atoms with Gasteiger partial charge in [0.15, 0.2) is 0 Å². The average Bonchev–Trinajstić information content (AvgIpc) is 2.95. The molecule has 2 aliphatic heterocycles. The second kappa shape index (κ2) is 8.29. The average molecular weight is 325 g/mol. The zero-order valence-electron chi connectivity index (χ0n) is 13.7. The van der Waals surface area contributed by atoms with E-state index < -0.39 is 18.1 Å². The Balaban J connectivity index is 2.06. The van der Waals surface area contributed by atoms with Gasteiger partial charge in [-0.1, -0.05) is 19.8 Å². The van der Waals surface area contributed by atoms with Crippen LogP contribution >= 0.6 is 0 Å². The van der Waals surface area contributed by atoms with Crippen molar-refractivity contribution in [3.05, 3.63) is 0 Å². The highest BCUT2D eigenvalue weighted by atomic mass is 16.4. The summed E-state index contributed by atoms with van der Waals surface area (Å²) >= 11 is 0. The lowest BCUT2D eigenvalue weighted by Gasteiger charge is -2.30. The molecule has 0 aromatic heterocycles. The first-order valence-corrected chi connectivity index (χ1v) is 8.59. The normalized spacial score (nSPS) is 26.7. The summed E-state index contributed by atoms with van der Waals surface area (Å²) in [5, 5.41) is 14.9. The quantitative estimate of drug-likeness (QED) is 0.683. The molecular formula is C16H27N3O4. The lowest BCUT2D eigenvalue weighted by Crippen LogP contribution is -2.53. The van der Waals surface area contributed by atoms with Crippen molar-refractivity contribution in [3.63, 3.8) is 0 Å². The Hall–Kier alpha value is -1.63. The second-order valence-corrected chi connectivity index (χ2v) is 6.41. The van der Waals surface area contributed by atoms with Gasteiger partial charge in [0.25, 0.3) is 0 Å². The summed E-state index contributed by atoms with van der Waals surface area (Å²) in [6, 6.07) is -1.31. The SMILES string of the molecule is CCC[C@H](NC(=O)[C@@H]1CC[C@@H]2CCCCNCC(=O)N21)C(=O)O. The summed E-state index contributed by atoms with van der Waals surface area (Å²) in [6.45, 7) is 2.95. The van der Waals surface area contributed by atoms with Crippen LogP contribution < -0.4 is 10.6 Å². The molecule has 2 saturated heterocycles. The molecule has 7 nitrogen and oxygen atoms in total. The molecule has 0 saturated carbocycles. The molecule has 2 fully saturated rings. The maximum atomic E-state index is 12.5. The smallest absolute Gasteiger partial charge is 0.326 e. The molecule has 0 unspecified atom stereocenters. The van der Waals surface area contributed by atoms with Gasteiger partial charge in [-0.05, 0) is 38.6 Å². The third-order valence-corrected chi connectivity index (χ3v) is 4.70. The van der Waals surface area contributed by atoms with E-state index in [1.54, 1.807) is 4.90 Å².